The zero-order valence-corrected chi connectivity index (χ0v) is 17.9. The second-order valence-corrected chi connectivity index (χ2v) is 6.87. The summed E-state index contributed by atoms with van der Waals surface area (Å²) in [7, 11) is 0. The van der Waals surface area contributed by atoms with E-state index in [2.05, 4.69) is 5.32 Å². The van der Waals surface area contributed by atoms with E-state index in [1.54, 1.807) is 61.5 Å². The number of nitrogens with zero attached hydrogens (tertiary/aromatic N) is 1. The summed E-state index contributed by atoms with van der Waals surface area (Å²) < 4.78 is 24.2. The van der Waals surface area contributed by atoms with Crippen LogP contribution in [0.2, 0.25) is 0 Å². The van der Waals surface area contributed by atoms with Crippen molar-refractivity contribution in [2.45, 2.75) is 13.5 Å². The summed E-state index contributed by atoms with van der Waals surface area (Å²) in [6.07, 6.45) is 1.45. The molecule has 33 heavy (non-hydrogen) atoms. The number of anilines is 1. The first-order valence-electron chi connectivity index (χ1n) is 10.2. The Balaban J connectivity index is 1.62. The molecule has 0 saturated heterocycles. The molecule has 0 aromatic heterocycles. The van der Waals surface area contributed by atoms with E-state index in [1.807, 2.05) is 6.07 Å². The molecule has 0 radical (unpaired) electrons. The normalized spacial score (nSPS) is 10.8. The standard InChI is InChI=1S/C26H21FN2O4/c1-2-32-26(31)19-9-11-22(12-10-19)29-25(30)21(16-28)15-18-7-13-23(14-8-18)33-17-20-5-3-4-6-24(20)27/h3-15H,2,17H2,1H3,(H,29,30). The van der Waals surface area contributed by atoms with E-state index >= 15 is 0 Å². The summed E-state index contributed by atoms with van der Waals surface area (Å²) in [5.74, 6) is -0.840. The molecule has 3 rings (SSSR count). The molecule has 6 nitrogen and oxygen atoms in total. The first-order valence-corrected chi connectivity index (χ1v) is 10.2. The van der Waals surface area contributed by atoms with Gasteiger partial charge in [-0.15, -0.1) is 0 Å². The summed E-state index contributed by atoms with van der Waals surface area (Å²) in [6, 6.07) is 21.2. The fourth-order valence-corrected chi connectivity index (χ4v) is 2.85. The van der Waals surface area contributed by atoms with Gasteiger partial charge in [-0.3, -0.25) is 4.79 Å². The highest BCUT2D eigenvalue weighted by Crippen LogP contribution is 2.18. The van der Waals surface area contributed by atoms with Crippen molar-refractivity contribution >= 4 is 23.6 Å². The zero-order chi connectivity index (χ0) is 23.6. The minimum atomic E-state index is -0.582. The number of ether oxygens (including phenoxy) is 2. The maximum Gasteiger partial charge on any atom is 0.338 e. The minimum Gasteiger partial charge on any atom is -0.489 e. The van der Waals surface area contributed by atoms with Crippen LogP contribution in [-0.4, -0.2) is 18.5 Å². The van der Waals surface area contributed by atoms with Crippen LogP contribution < -0.4 is 10.1 Å². The Labute approximate surface area is 190 Å². The Hall–Kier alpha value is -4.44. The first-order chi connectivity index (χ1) is 16.0. The molecule has 3 aromatic carbocycles. The molecule has 166 valence electrons. The van der Waals surface area contributed by atoms with Gasteiger partial charge in [-0.2, -0.15) is 5.26 Å². The molecule has 0 unspecified atom stereocenters. The molecule has 0 atom stereocenters. The lowest BCUT2D eigenvalue weighted by Gasteiger charge is -2.08. The van der Waals surface area contributed by atoms with Crippen molar-refractivity contribution in [2.24, 2.45) is 0 Å². The van der Waals surface area contributed by atoms with Gasteiger partial charge in [0.25, 0.3) is 5.91 Å². The fraction of sp³-hybridized carbons (Fsp3) is 0.115. The molecule has 3 aromatic rings. The monoisotopic (exact) mass is 444 g/mol. The Bertz CT molecular complexity index is 1200. The number of amides is 1. The summed E-state index contributed by atoms with van der Waals surface area (Å²) in [6.45, 7) is 2.07. The topological polar surface area (TPSA) is 88.4 Å². The first kappa shape index (κ1) is 23.2. The van der Waals surface area contributed by atoms with Crippen LogP contribution in [0.3, 0.4) is 0 Å². The quantitative estimate of drug-likeness (QED) is 0.296. The van der Waals surface area contributed by atoms with Gasteiger partial charge in [-0.1, -0.05) is 30.3 Å². The van der Waals surface area contributed by atoms with E-state index in [0.29, 0.717) is 28.1 Å². The maximum atomic E-state index is 13.7. The molecule has 0 aliphatic rings. The number of hydrogen-bond donors (Lipinski definition) is 1. The van der Waals surface area contributed by atoms with Crippen molar-refractivity contribution in [3.63, 3.8) is 0 Å². The number of carbonyl (C=O) groups is 2. The lowest BCUT2D eigenvalue weighted by atomic mass is 10.1. The lowest BCUT2D eigenvalue weighted by Crippen LogP contribution is -2.13. The van der Waals surface area contributed by atoms with Crippen LogP contribution in [0, 0.1) is 17.1 Å². The zero-order valence-electron chi connectivity index (χ0n) is 17.9. The molecular formula is C26H21FN2O4. The molecule has 1 N–H and O–H groups in total. The average molecular weight is 444 g/mol. The van der Waals surface area contributed by atoms with Gasteiger partial charge in [-0.05, 0) is 61.0 Å². The van der Waals surface area contributed by atoms with Crippen LogP contribution in [0.25, 0.3) is 6.08 Å². The van der Waals surface area contributed by atoms with Gasteiger partial charge in [0.15, 0.2) is 0 Å². The average Bonchev–Trinajstić information content (AvgIpc) is 2.83. The lowest BCUT2D eigenvalue weighted by molar-refractivity contribution is -0.112. The SMILES string of the molecule is CCOC(=O)c1ccc(NC(=O)C(C#N)=Cc2ccc(OCc3ccccc3F)cc2)cc1. The molecule has 1 amide bonds. The number of hydrogen-bond acceptors (Lipinski definition) is 5. The largest absolute Gasteiger partial charge is 0.489 e. The van der Waals surface area contributed by atoms with Crippen molar-refractivity contribution in [1.29, 1.82) is 5.26 Å². The third-order valence-corrected chi connectivity index (χ3v) is 4.56. The second kappa shape index (κ2) is 11.3. The third-order valence-electron chi connectivity index (χ3n) is 4.56. The van der Waals surface area contributed by atoms with Crippen LogP contribution in [0.4, 0.5) is 10.1 Å². The Morgan fingerprint density at radius 2 is 1.73 bits per heavy atom. The van der Waals surface area contributed by atoms with Crippen molar-refractivity contribution in [3.8, 4) is 11.8 Å². The molecule has 7 heteroatoms. The Kier molecular flexibility index (Phi) is 7.92. The molecule has 0 spiro atoms. The van der Waals surface area contributed by atoms with Crippen LogP contribution >= 0.6 is 0 Å². The van der Waals surface area contributed by atoms with E-state index in [4.69, 9.17) is 9.47 Å². The smallest absolute Gasteiger partial charge is 0.338 e. The van der Waals surface area contributed by atoms with Gasteiger partial charge in [-0.25, -0.2) is 9.18 Å². The Morgan fingerprint density at radius 1 is 1.03 bits per heavy atom. The summed E-state index contributed by atoms with van der Waals surface area (Å²) in [5.41, 5.74) is 1.77. The van der Waals surface area contributed by atoms with Gasteiger partial charge in [0.2, 0.25) is 0 Å². The summed E-state index contributed by atoms with van der Waals surface area (Å²) >= 11 is 0. The van der Waals surface area contributed by atoms with E-state index in [0.717, 1.165) is 0 Å². The minimum absolute atomic E-state index is 0.0860. The van der Waals surface area contributed by atoms with E-state index in [1.165, 1.54) is 24.3 Å². The van der Waals surface area contributed by atoms with Gasteiger partial charge in [0.05, 0.1) is 12.2 Å². The molecule has 0 heterocycles. The van der Waals surface area contributed by atoms with Gasteiger partial charge >= 0.3 is 5.97 Å². The second-order valence-electron chi connectivity index (χ2n) is 6.87. The highest BCUT2D eigenvalue weighted by Gasteiger charge is 2.11. The van der Waals surface area contributed by atoms with Crippen molar-refractivity contribution in [2.75, 3.05) is 11.9 Å². The van der Waals surface area contributed by atoms with E-state index in [9.17, 15) is 19.2 Å². The third kappa shape index (κ3) is 6.52. The van der Waals surface area contributed by atoms with Crippen molar-refractivity contribution in [1.82, 2.24) is 0 Å². The molecule has 0 aliphatic heterocycles. The fourth-order valence-electron chi connectivity index (χ4n) is 2.85. The van der Waals surface area contributed by atoms with Crippen LogP contribution in [0.5, 0.6) is 5.75 Å². The predicted molar refractivity (Wildman–Crippen MR) is 122 cm³/mol. The maximum absolute atomic E-state index is 13.7. The van der Waals surface area contributed by atoms with Gasteiger partial charge in [0, 0.05) is 11.3 Å². The number of esters is 1. The highest BCUT2D eigenvalue weighted by atomic mass is 19.1. The Morgan fingerprint density at radius 3 is 2.36 bits per heavy atom. The van der Waals surface area contributed by atoms with Gasteiger partial charge in [0.1, 0.15) is 29.8 Å². The highest BCUT2D eigenvalue weighted by molar-refractivity contribution is 6.09. The van der Waals surface area contributed by atoms with Crippen LogP contribution in [-0.2, 0) is 16.1 Å². The van der Waals surface area contributed by atoms with E-state index in [-0.39, 0.29) is 24.6 Å². The van der Waals surface area contributed by atoms with E-state index < -0.39 is 11.9 Å². The summed E-state index contributed by atoms with van der Waals surface area (Å²) in [5, 5.41) is 12.0. The van der Waals surface area contributed by atoms with Crippen molar-refractivity contribution < 1.29 is 23.5 Å². The number of rotatable bonds is 8. The number of nitriles is 1. The van der Waals surface area contributed by atoms with Crippen molar-refractivity contribution in [3.05, 3.63) is 101 Å². The molecular weight excluding hydrogens is 423 g/mol. The molecule has 0 fully saturated rings. The number of benzene rings is 3. The van der Waals surface area contributed by atoms with Gasteiger partial charge < -0.3 is 14.8 Å². The molecule has 0 aliphatic carbocycles. The molecule has 0 bridgehead atoms. The van der Waals surface area contributed by atoms with Crippen LogP contribution in [0.15, 0.2) is 78.4 Å². The molecule has 0 saturated carbocycles. The van der Waals surface area contributed by atoms with Crippen LogP contribution in [0.1, 0.15) is 28.4 Å². The summed E-state index contributed by atoms with van der Waals surface area (Å²) in [4.78, 5) is 24.2. The number of carbonyl (C=O) groups excluding carboxylic acids is 2. The predicted octanol–water partition coefficient (Wildman–Crippen LogP) is 5.13. The number of halogens is 1. The number of nitrogens with one attached hydrogen (secondary N) is 1.